The maximum absolute atomic E-state index is 6.17. The molecule has 128 valence electrons. The standard InChI is InChI=1S/C21H17ClN4/c22-16-8-6-7-15(13-16)20(26-25-17-9-2-1-3-10-17)14-21-23-18-11-4-5-12-19(18)24-21/h1-13,25H,14H2,(H,23,24)/b26-20+. The van der Waals surface area contributed by atoms with E-state index >= 15 is 0 Å². The minimum absolute atomic E-state index is 0.564. The van der Waals surface area contributed by atoms with Crippen LogP contribution in [0.3, 0.4) is 0 Å². The summed E-state index contributed by atoms with van der Waals surface area (Å²) in [6.45, 7) is 0. The maximum Gasteiger partial charge on any atom is 0.113 e. The van der Waals surface area contributed by atoms with Crippen molar-refractivity contribution >= 4 is 34.0 Å². The van der Waals surface area contributed by atoms with Crippen molar-refractivity contribution in [3.8, 4) is 0 Å². The van der Waals surface area contributed by atoms with Gasteiger partial charge < -0.3 is 4.98 Å². The van der Waals surface area contributed by atoms with Crippen LogP contribution in [0.5, 0.6) is 0 Å². The predicted molar refractivity (Wildman–Crippen MR) is 108 cm³/mol. The fourth-order valence-electron chi connectivity index (χ4n) is 2.77. The quantitative estimate of drug-likeness (QED) is 0.376. The third-order valence-electron chi connectivity index (χ3n) is 4.02. The summed E-state index contributed by atoms with van der Waals surface area (Å²) in [5, 5.41) is 5.30. The zero-order valence-electron chi connectivity index (χ0n) is 14.0. The van der Waals surface area contributed by atoms with E-state index in [9.17, 15) is 0 Å². The molecule has 26 heavy (non-hydrogen) atoms. The second kappa shape index (κ2) is 7.42. The van der Waals surface area contributed by atoms with Crippen LogP contribution in [0.2, 0.25) is 5.02 Å². The van der Waals surface area contributed by atoms with Gasteiger partial charge in [0.15, 0.2) is 0 Å². The Bertz CT molecular complexity index is 1020. The lowest BCUT2D eigenvalue weighted by Crippen LogP contribution is -2.09. The second-order valence-corrected chi connectivity index (χ2v) is 6.36. The highest BCUT2D eigenvalue weighted by Crippen LogP contribution is 2.16. The minimum atomic E-state index is 0.564. The number of hydrazone groups is 1. The van der Waals surface area contributed by atoms with Crippen LogP contribution in [-0.2, 0) is 6.42 Å². The molecule has 1 aromatic heterocycles. The zero-order valence-corrected chi connectivity index (χ0v) is 14.7. The van der Waals surface area contributed by atoms with Gasteiger partial charge >= 0.3 is 0 Å². The van der Waals surface area contributed by atoms with E-state index < -0.39 is 0 Å². The van der Waals surface area contributed by atoms with E-state index in [4.69, 9.17) is 11.6 Å². The maximum atomic E-state index is 6.17. The van der Waals surface area contributed by atoms with Crippen molar-refractivity contribution in [1.29, 1.82) is 0 Å². The smallest absolute Gasteiger partial charge is 0.113 e. The van der Waals surface area contributed by atoms with E-state index in [1.807, 2.05) is 78.9 Å². The van der Waals surface area contributed by atoms with Crippen LogP contribution in [0.25, 0.3) is 11.0 Å². The lowest BCUT2D eigenvalue weighted by molar-refractivity contribution is 1.09. The number of nitrogens with one attached hydrogen (secondary N) is 2. The predicted octanol–water partition coefficient (Wildman–Crippen LogP) is 5.28. The number of fused-ring (bicyclic) bond motifs is 1. The summed E-state index contributed by atoms with van der Waals surface area (Å²) < 4.78 is 0. The van der Waals surface area contributed by atoms with Crippen LogP contribution in [0.4, 0.5) is 5.69 Å². The lowest BCUT2D eigenvalue weighted by atomic mass is 10.1. The summed E-state index contributed by atoms with van der Waals surface area (Å²) in [6.07, 6.45) is 0.564. The third-order valence-corrected chi connectivity index (χ3v) is 4.26. The van der Waals surface area contributed by atoms with Gasteiger partial charge in [-0.1, -0.05) is 54.1 Å². The molecule has 0 saturated carbocycles. The molecule has 0 atom stereocenters. The molecule has 0 unspecified atom stereocenters. The SMILES string of the molecule is Clc1cccc(/C(Cc2nc3ccccc3[nH]2)=N/Nc2ccccc2)c1. The molecule has 0 bridgehead atoms. The van der Waals surface area contributed by atoms with Crippen LogP contribution < -0.4 is 5.43 Å². The van der Waals surface area contributed by atoms with Crippen LogP contribution >= 0.6 is 11.6 Å². The summed E-state index contributed by atoms with van der Waals surface area (Å²) in [4.78, 5) is 8.01. The third kappa shape index (κ3) is 3.76. The van der Waals surface area contributed by atoms with E-state index in [0.29, 0.717) is 11.4 Å². The first-order valence-corrected chi connectivity index (χ1v) is 8.73. The molecule has 1 heterocycles. The number of halogens is 1. The second-order valence-electron chi connectivity index (χ2n) is 5.92. The molecule has 0 spiro atoms. The number of hydrogen-bond acceptors (Lipinski definition) is 3. The number of rotatable bonds is 5. The van der Waals surface area contributed by atoms with Gasteiger partial charge in [-0.2, -0.15) is 5.10 Å². The van der Waals surface area contributed by atoms with Gasteiger partial charge in [0.25, 0.3) is 0 Å². The Labute approximate surface area is 156 Å². The fourth-order valence-corrected chi connectivity index (χ4v) is 2.96. The first-order valence-electron chi connectivity index (χ1n) is 8.35. The normalized spacial score (nSPS) is 11.7. The van der Waals surface area contributed by atoms with E-state index in [1.165, 1.54) is 0 Å². The molecule has 3 aromatic carbocycles. The first-order chi connectivity index (χ1) is 12.8. The molecule has 4 rings (SSSR count). The van der Waals surface area contributed by atoms with Crippen LogP contribution in [-0.4, -0.2) is 15.7 Å². The van der Waals surface area contributed by atoms with Crippen molar-refractivity contribution in [2.24, 2.45) is 5.10 Å². The molecular weight excluding hydrogens is 344 g/mol. The molecule has 0 fully saturated rings. The molecule has 4 nitrogen and oxygen atoms in total. The highest BCUT2D eigenvalue weighted by molar-refractivity contribution is 6.31. The molecular formula is C21H17ClN4. The number of imidazole rings is 1. The Morgan fingerprint density at radius 3 is 2.58 bits per heavy atom. The summed E-state index contributed by atoms with van der Waals surface area (Å²) in [5.41, 5.74) is 7.83. The molecule has 5 heteroatoms. The molecule has 0 aliphatic rings. The number of anilines is 1. The largest absolute Gasteiger partial charge is 0.342 e. The Hall–Kier alpha value is -3.11. The Balaban J connectivity index is 1.67. The number of benzene rings is 3. The van der Waals surface area contributed by atoms with Gasteiger partial charge in [-0.3, -0.25) is 5.43 Å². The van der Waals surface area contributed by atoms with Gasteiger partial charge in [0.1, 0.15) is 5.82 Å². The van der Waals surface area contributed by atoms with Crippen molar-refractivity contribution in [1.82, 2.24) is 9.97 Å². The monoisotopic (exact) mass is 360 g/mol. The van der Waals surface area contributed by atoms with Crippen molar-refractivity contribution in [2.45, 2.75) is 6.42 Å². The molecule has 0 radical (unpaired) electrons. The molecule has 2 N–H and O–H groups in total. The highest BCUT2D eigenvalue weighted by Gasteiger charge is 2.10. The van der Waals surface area contributed by atoms with Gasteiger partial charge in [0.05, 0.1) is 28.9 Å². The highest BCUT2D eigenvalue weighted by atomic mass is 35.5. The topological polar surface area (TPSA) is 53.1 Å². The van der Waals surface area contributed by atoms with Gasteiger partial charge in [-0.25, -0.2) is 4.98 Å². The number of aromatic nitrogens is 2. The number of nitrogens with zero attached hydrogens (tertiary/aromatic N) is 2. The van der Waals surface area contributed by atoms with Gasteiger partial charge in [0.2, 0.25) is 0 Å². The average molecular weight is 361 g/mol. The summed E-state index contributed by atoms with van der Waals surface area (Å²) in [5.74, 6) is 0.861. The molecule has 0 aliphatic carbocycles. The molecule has 4 aromatic rings. The van der Waals surface area contributed by atoms with Crippen molar-refractivity contribution < 1.29 is 0 Å². The molecule has 0 amide bonds. The van der Waals surface area contributed by atoms with Gasteiger partial charge in [0, 0.05) is 5.02 Å². The number of H-pyrrole nitrogens is 1. The van der Waals surface area contributed by atoms with E-state index in [-0.39, 0.29) is 0 Å². The fraction of sp³-hybridized carbons (Fsp3) is 0.0476. The minimum Gasteiger partial charge on any atom is -0.342 e. The van der Waals surface area contributed by atoms with Crippen LogP contribution in [0.1, 0.15) is 11.4 Å². The lowest BCUT2D eigenvalue weighted by Gasteiger charge is -2.07. The van der Waals surface area contributed by atoms with Gasteiger partial charge in [-0.15, -0.1) is 0 Å². The number of para-hydroxylation sites is 3. The Morgan fingerprint density at radius 1 is 0.962 bits per heavy atom. The van der Waals surface area contributed by atoms with Crippen molar-refractivity contribution in [3.63, 3.8) is 0 Å². The Morgan fingerprint density at radius 2 is 1.77 bits per heavy atom. The van der Waals surface area contributed by atoms with Crippen molar-refractivity contribution in [3.05, 3.63) is 95.3 Å². The first kappa shape index (κ1) is 16.4. The van der Waals surface area contributed by atoms with Crippen LogP contribution in [0.15, 0.2) is 84.0 Å². The molecule has 0 aliphatic heterocycles. The summed E-state index contributed by atoms with van der Waals surface area (Å²) in [7, 11) is 0. The van der Waals surface area contributed by atoms with E-state index in [1.54, 1.807) is 0 Å². The zero-order chi connectivity index (χ0) is 17.8. The summed E-state index contributed by atoms with van der Waals surface area (Å²) in [6, 6.07) is 25.5. The Kier molecular flexibility index (Phi) is 4.67. The number of hydrogen-bond donors (Lipinski definition) is 2. The average Bonchev–Trinajstić information content (AvgIpc) is 3.08. The van der Waals surface area contributed by atoms with E-state index in [2.05, 4.69) is 20.5 Å². The van der Waals surface area contributed by atoms with Crippen LogP contribution in [0, 0.1) is 0 Å². The van der Waals surface area contributed by atoms with Gasteiger partial charge in [-0.05, 0) is 42.0 Å². The van der Waals surface area contributed by atoms with E-state index in [0.717, 1.165) is 33.8 Å². The number of aromatic amines is 1. The molecule has 0 saturated heterocycles. The van der Waals surface area contributed by atoms with Crippen molar-refractivity contribution in [2.75, 3.05) is 5.43 Å². The summed E-state index contributed by atoms with van der Waals surface area (Å²) >= 11 is 6.17.